The standard InChI is InChI=1S/C16H17NO3S/c1-2-20-16(19)12-5-3-6-13(11-12)17-15(18)9-8-14-7-4-10-21-14/h3-7,10-11H,2,8-9H2,1H3,(H,17,18). The lowest BCUT2D eigenvalue weighted by atomic mass is 10.2. The van der Waals surface area contributed by atoms with Crippen molar-refractivity contribution in [2.45, 2.75) is 19.8 Å². The Hall–Kier alpha value is -2.14. The Balaban J connectivity index is 1.91. The average Bonchev–Trinajstić information content (AvgIpc) is 2.99. The molecule has 0 atom stereocenters. The van der Waals surface area contributed by atoms with Crippen molar-refractivity contribution in [2.75, 3.05) is 11.9 Å². The second-order valence-corrected chi connectivity index (χ2v) is 5.46. The van der Waals surface area contributed by atoms with Crippen LogP contribution in [0.5, 0.6) is 0 Å². The van der Waals surface area contributed by atoms with Gasteiger partial charge < -0.3 is 10.1 Å². The van der Waals surface area contributed by atoms with Crippen LogP contribution in [-0.2, 0) is 16.0 Å². The fraction of sp³-hybridized carbons (Fsp3) is 0.250. The predicted molar refractivity (Wildman–Crippen MR) is 83.7 cm³/mol. The fourth-order valence-electron chi connectivity index (χ4n) is 1.85. The van der Waals surface area contributed by atoms with Crippen LogP contribution in [0.1, 0.15) is 28.6 Å². The van der Waals surface area contributed by atoms with Gasteiger partial charge in [-0.3, -0.25) is 4.79 Å². The third-order valence-corrected chi connectivity index (χ3v) is 3.77. The minimum absolute atomic E-state index is 0.0654. The maximum absolute atomic E-state index is 11.9. The van der Waals surface area contributed by atoms with Crippen molar-refractivity contribution >= 4 is 28.9 Å². The van der Waals surface area contributed by atoms with E-state index in [9.17, 15) is 9.59 Å². The van der Waals surface area contributed by atoms with Crippen LogP contribution in [0.25, 0.3) is 0 Å². The van der Waals surface area contributed by atoms with Gasteiger partial charge in [0.05, 0.1) is 12.2 Å². The van der Waals surface area contributed by atoms with Crippen LogP contribution in [0.3, 0.4) is 0 Å². The Bertz CT molecular complexity index is 608. The molecule has 1 amide bonds. The minimum Gasteiger partial charge on any atom is -0.462 e. The van der Waals surface area contributed by atoms with E-state index in [0.717, 1.165) is 6.42 Å². The molecular weight excluding hydrogens is 286 g/mol. The topological polar surface area (TPSA) is 55.4 Å². The van der Waals surface area contributed by atoms with E-state index in [0.29, 0.717) is 24.3 Å². The third-order valence-electron chi connectivity index (χ3n) is 2.84. The fourth-order valence-corrected chi connectivity index (χ4v) is 2.56. The lowest BCUT2D eigenvalue weighted by molar-refractivity contribution is -0.116. The summed E-state index contributed by atoms with van der Waals surface area (Å²) < 4.78 is 4.93. The van der Waals surface area contributed by atoms with Gasteiger partial charge in [0.15, 0.2) is 0 Å². The lowest BCUT2D eigenvalue weighted by Crippen LogP contribution is -2.13. The molecule has 2 aromatic rings. The molecule has 1 aromatic heterocycles. The summed E-state index contributed by atoms with van der Waals surface area (Å²) in [5.74, 6) is -0.448. The number of benzene rings is 1. The molecule has 0 saturated heterocycles. The number of rotatable bonds is 6. The Morgan fingerprint density at radius 1 is 1.24 bits per heavy atom. The lowest BCUT2D eigenvalue weighted by Gasteiger charge is -2.07. The second kappa shape index (κ2) is 7.59. The first-order valence-corrected chi connectivity index (χ1v) is 7.66. The quantitative estimate of drug-likeness (QED) is 0.831. The number of nitrogens with one attached hydrogen (secondary N) is 1. The number of anilines is 1. The predicted octanol–water partition coefficient (Wildman–Crippen LogP) is 3.50. The number of esters is 1. The number of aryl methyl sites for hydroxylation is 1. The van der Waals surface area contributed by atoms with Crippen LogP contribution in [0.15, 0.2) is 41.8 Å². The Morgan fingerprint density at radius 2 is 2.10 bits per heavy atom. The summed E-state index contributed by atoms with van der Waals surface area (Å²) in [4.78, 5) is 24.7. The summed E-state index contributed by atoms with van der Waals surface area (Å²) in [6.45, 7) is 2.09. The largest absolute Gasteiger partial charge is 0.462 e. The maximum atomic E-state index is 11.9. The van der Waals surface area contributed by atoms with E-state index in [1.807, 2.05) is 17.5 Å². The first kappa shape index (κ1) is 15.3. The average molecular weight is 303 g/mol. The van der Waals surface area contributed by atoms with E-state index < -0.39 is 0 Å². The molecule has 1 heterocycles. The molecule has 0 aliphatic heterocycles. The highest BCUT2D eigenvalue weighted by Gasteiger charge is 2.08. The number of carbonyl (C=O) groups is 2. The smallest absolute Gasteiger partial charge is 0.338 e. The first-order chi connectivity index (χ1) is 10.2. The van der Waals surface area contributed by atoms with Crippen molar-refractivity contribution < 1.29 is 14.3 Å². The highest BCUT2D eigenvalue weighted by molar-refractivity contribution is 7.09. The molecule has 1 N–H and O–H groups in total. The molecule has 0 radical (unpaired) electrons. The van der Waals surface area contributed by atoms with Gasteiger partial charge in [0.25, 0.3) is 0 Å². The summed E-state index contributed by atoms with van der Waals surface area (Å²) in [7, 11) is 0. The van der Waals surface area contributed by atoms with Gasteiger partial charge in [-0.05, 0) is 43.0 Å². The van der Waals surface area contributed by atoms with E-state index in [-0.39, 0.29) is 11.9 Å². The van der Waals surface area contributed by atoms with Crippen LogP contribution in [0.4, 0.5) is 5.69 Å². The molecule has 0 saturated carbocycles. The number of hydrogen-bond acceptors (Lipinski definition) is 4. The molecule has 0 fully saturated rings. The maximum Gasteiger partial charge on any atom is 0.338 e. The molecule has 2 rings (SSSR count). The SMILES string of the molecule is CCOC(=O)c1cccc(NC(=O)CCc2cccs2)c1. The highest BCUT2D eigenvalue weighted by Crippen LogP contribution is 2.14. The molecule has 5 heteroatoms. The molecule has 4 nitrogen and oxygen atoms in total. The monoisotopic (exact) mass is 303 g/mol. The van der Waals surface area contributed by atoms with E-state index in [1.54, 1.807) is 42.5 Å². The van der Waals surface area contributed by atoms with E-state index in [4.69, 9.17) is 4.74 Å². The summed E-state index contributed by atoms with van der Waals surface area (Å²) >= 11 is 1.64. The summed E-state index contributed by atoms with van der Waals surface area (Å²) in [6.07, 6.45) is 1.14. The second-order valence-electron chi connectivity index (χ2n) is 4.43. The normalized spacial score (nSPS) is 10.1. The van der Waals surface area contributed by atoms with Crippen LogP contribution < -0.4 is 5.32 Å². The van der Waals surface area contributed by atoms with Gasteiger partial charge in [-0.1, -0.05) is 12.1 Å². The highest BCUT2D eigenvalue weighted by atomic mass is 32.1. The minimum atomic E-state index is -0.382. The zero-order valence-corrected chi connectivity index (χ0v) is 12.6. The van der Waals surface area contributed by atoms with Gasteiger partial charge in [0, 0.05) is 17.0 Å². The van der Waals surface area contributed by atoms with E-state index >= 15 is 0 Å². The van der Waals surface area contributed by atoms with E-state index in [1.165, 1.54) is 4.88 Å². The Kier molecular flexibility index (Phi) is 5.51. The van der Waals surface area contributed by atoms with E-state index in [2.05, 4.69) is 5.32 Å². The third kappa shape index (κ3) is 4.72. The molecule has 0 bridgehead atoms. The van der Waals surface area contributed by atoms with Crippen molar-refractivity contribution in [1.29, 1.82) is 0 Å². The van der Waals surface area contributed by atoms with Crippen LogP contribution in [-0.4, -0.2) is 18.5 Å². The molecule has 110 valence electrons. The number of ether oxygens (including phenoxy) is 1. The molecule has 21 heavy (non-hydrogen) atoms. The number of amides is 1. The molecular formula is C16H17NO3S. The Morgan fingerprint density at radius 3 is 2.81 bits per heavy atom. The van der Waals surface area contributed by atoms with Gasteiger partial charge in [0.1, 0.15) is 0 Å². The number of carbonyl (C=O) groups excluding carboxylic acids is 2. The van der Waals surface area contributed by atoms with Crippen LogP contribution in [0, 0.1) is 0 Å². The Labute approximate surface area is 127 Å². The van der Waals surface area contributed by atoms with Gasteiger partial charge in [-0.2, -0.15) is 0 Å². The molecule has 0 aliphatic rings. The van der Waals surface area contributed by atoms with Crippen molar-refractivity contribution in [3.8, 4) is 0 Å². The van der Waals surface area contributed by atoms with Crippen LogP contribution >= 0.6 is 11.3 Å². The van der Waals surface area contributed by atoms with Gasteiger partial charge >= 0.3 is 5.97 Å². The summed E-state index contributed by atoms with van der Waals surface area (Å²) in [6, 6.07) is 10.8. The molecule has 1 aromatic carbocycles. The van der Waals surface area contributed by atoms with Crippen molar-refractivity contribution in [3.05, 3.63) is 52.2 Å². The summed E-state index contributed by atoms with van der Waals surface area (Å²) in [5.41, 5.74) is 1.05. The molecule has 0 aliphatic carbocycles. The van der Waals surface area contributed by atoms with Gasteiger partial charge in [-0.25, -0.2) is 4.79 Å². The molecule has 0 spiro atoms. The zero-order valence-electron chi connectivity index (χ0n) is 11.8. The van der Waals surface area contributed by atoms with Crippen molar-refractivity contribution in [2.24, 2.45) is 0 Å². The number of hydrogen-bond donors (Lipinski definition) is 1. The van der Waals surface area contributed by atoms with Crippen molar-refractivity contribution in [1.82, 2.24) is 0 Å². The van der Waals surface area contributed by atoms with Gasteiger partial charge in [0.2, 0.25) is 5.91 Å². The zero-order chi connectivity index (χ0) is 15.1. The van der Waals surface area contributed by atoms with Crippen molar-refractivity contribution in [3.63, 3.8) is 0 Å². The van der Waals surface area contributed by atoms with Gasteiger partial charge in [-0.15, -0.1) is 11.3 Å². The summed E-state index contributed by atoms with van der Waals surface area (Å²) in [5, 5.41) is 4.80. The first-order valence-electron chi connectivity index (χ1n) is 6.78. The van der Waals surface area contributed by atoms with Crippen LogP contribution in [0.2, 0.25) is 0 Å². The molecule has 0 unspecified atom stereocenters. The number of thiophene rings is 1.